The molecule has 2 aromatic rings. The van der Waals surface area contributed by atoms with Gasteiger partial charge in [0, 0.05) is 13.7 Å². The number of aromatic nitrogens is 3. The number of hydrazine groups is 1. The molecule has 0 amide bonds. The first-order valence-electron chi connectivity index (χ1n) is 11.8. The zero-order valence-corrected chi connectivity index (χ0v) is 19.8. The molecule has 0 aliphatic heterocycles. The van der Waals surface area contributed by atoms with Gasteiger partial charge in [0.15, 0.2) is 0 Å². The van der Waals surface area contributed by atoms with Gasteiger partial charge in [-0.3, -0.25) is 0 Å². The Bertz CT molecular complexity index is 978. The molecule has 2 aliphatic carbocycles. The summed E-state index contributed by atoms with van der Waals surface area (Å²) in [5.74, 6) is 7.74. The smallest absolute Gasteiger partial charge is 0.263 e. The third-order valence-corrected chi connectivity index (χ3v) is 6.25. The van der Waals surface area contributed by atoms with Crippen LogP contribution in [-0.2, 0) is 10.3 Å². The van der Waals surface area contributed by atoms with Crippen LogP contribution in [-0.4, -0.2) is 46.4 Å². The van der Waals surface area contributed by atoms with Crippen LogP contribution in [0.3, 0.4) is 0 Å². The molecule has 33 heavy (non-hydrogen) atoms. The van der Waals surface area contributed by atoms with Gasteiger partial charge in [-0.05, 0) is 69.7 Å². The van der Waals surface area contributed by atoms with E-state index in [2.05, 4.69) is 20.4 Å². The van der Waals surface area contributed by atoms with Crippen molar-refractivity contribution in [1.82, 2.24) is 20.1 Å². The first-order valence-corrected chi connectivity index (χ1v) is 11.8. The number of pyridine rings is 1. The normalized spacial score (nSPS) is 18.5. The molecule has 10 heteroatoms. The van der Waals surface area contributed by atoms with Crippen LogP contribution in [0.25, 0.3) is 5.70 Å². The molecule has 4 rings (SSSR count). The van der Waals surface area contributed by atoms with Crippen LogP contribution in [0.4, 0.5) is 5.95 Å². The summed E-state index contributed by atoms with van der Waals surface area (Å²) in [4.78, 5) is 9.12. The average molecular weight is 458 g/mol. The van der Waals surface area contributed by atoms with Crippen molar-refractivity contribution in [1.29, 1.82) is 0 Å². The Balaban J connectivity index is 1.45. The van der Waals surface area contributed by atoms with Crippen LogP contribution in [0.5, 0.6) is 5.75 Å². The Morgan fingerprint density at radius 1 is 1.24 bits per heavy atom. The second kappa shape index (κ2) is 9.96. The van der Waals surface area contributed by atoms with Crippen molar-refractivity contribution < 1.29 is 14.0 Å². The fraction of sp³-hybridized carbons (Fsp3) is 0.609. The van der Waals surface area contributed by atoms with Crippen LogP contribution in [0, 0.1) is 6.92 Å². The maximum absolute atomic E-state index is 6.46. The first kappa shape index (κ1) is 23.3. The maximum Gasteiger partial charge on any atom is 0.263 e. The quantitative estimate of drug-likeness (QED) is 0.360. The van der Waals surface area contributed by atoms with Gasteiger partial charge in [-0.25, -0.2) is 10.8 Å². The molecule has 0 spiro atoms. The van der Waals surface area contributed by atoms with E-state index in [1.807, 2.05) is 26.0 Å². The SMILES string of the molecule is CCOC1(c2nc(NC/C(=C(/N)c3ccc(OC4CCCCC4)c(C)n3)N(C)N)no2)CC1. The second-order valence-corrected chi connectivity index (χ2v) is 8.83. The zero-order valence-electron chi connectivity index (χ0n) is 19.8. The molecule has 2 heterocycles. The molecule has 0 aromatic carbocycles. The van der Waals surface area contributed by atoms with E-state index < -0.39 is 5.60 Å². The van der Waals surface area contributed by atoms with Crippen LogP contribution in [0.2, 0.25) is 0 Å². The third kappa shape index (κ3) is 5.39. The molecule has 2 fully saturated rings. The number of rotatable bonds is 10. The average Bonchev–Trinajstić information content (AvgIpc) is 3.42. The zero-order chi connectivity index (χ0) is 23.4. The van der Waals surface area contributed by atoms with E-state index in [1.165, 1.54) is 24.3 Å². The van der Waals surface area contributed by atoms with Crippen molar-refractivity contribution >= 4 is 11.6 Å². The summed E-state index contributed by atoms with van der Waals surface area (Å²) in [6, 6.07) is 3.81. The Morgan fingerprint density at radius 2 is 2.00 bits per heavy atom. The predicted octanol–water partition coefficient (Wildman–Crippen LogP) is 3.06. The van der Waals surface area contributed by atoms with E-state index in [4.69, 9.17) is 25.6 Å². The predicted molar refractivity (Wildman–Crippen MR) is 125 cm³/mol. The molecule has 0 radical (unpaired) electrons. The lowest BCUT2D eigenvalue weighted by Gasteiger charge is -2.24. The lowest BCUT2D eigenvalue weighted by Crippen LogP contribution is -2.32. The summed E-state index contributed by atoms with van der Waals surface area (Å²) in [5.41, 5.74) is 8.61. The van der Waals surface area contributed by atoms with E-state index in [1.54, 1.807) is 7.05 Å². The van der Waals surface area contributed by atoms with E-state index in [0.717, 1.165) is 37.1 Å². The second-order valence-electron chi connectivity index (χ2n) is 8.83. The minimum absolute atomic E-state index is 0.269. The van der Waals surface area contributed by atoms with Crippen molar-refractivity contribution in [3.8, 4) is 5.75 Å². The van der Waals surface area contributed by atoms with Gasteiger partial charge in [-0.15, -0.1) is 0 Å². The number of nitrogens with one attached hydrogen (secondary N) is 1. The number of ether oxygens (including phenoxy) is 2. The number of hydrogen-bond acceptors (Lipinski definition) is 10. The molecule has 0 saturated heterocycles. The molecular weight excluding hydrogens is 422 g/mol. The topological polar surface area (TPSA) is 138 Å². The third-order valence-electron chi connectivity index (χ3n) is 6.25. The van der Waals surface area contributed by atoms with E-state index in [9.17, 15) is 0 Å². The van der Waals surface area contributed by atoms with Crippen molar-refractivity contribution in [3.05, 3.63) is 35.1 Å². The van der Waals surface area contributed by atoms with Gasteiger partial charge in [0.25, 0.3) is 11.8 Å². The standard InChI is InChI=1S/C23H35N7O3/c1-4-31-23(12-13-23)21-28-22(29-33-21)26-14-18(30(3)25)20(24)17-10-11-19(15(2)27-17)32-16-8-6-5-7-9-16/h10-11,16H,4-9,12-14,24-25H2,1-3H3,(H,26,29)/b20-18-. The van der Waals surface area contributed by atoms with Crippen LogP contribution < -0.4 is 21.6 Å². The summed E-state index contributed by atoms with van der Waals surface area (Å²) in [5, 5.41) is 8.62. The molecule has 2 aliphatic rings. The highest BCUT2D eigenvalue weighted by Gasteiger charge is 2.50. The lowest BCUT2D eigenvalue weighted by molar-refractivity contribution is 0.0153. The largest absolute Gasteiger partial charge is 0.489 e. The van der Waals surface area contributed by atoms with Gasteiger partial charge in [-0.1, -0.05) is 6.42 Å². The van der Waals surface area contributed by atoms with Crippen LogP contribution in [0.1, 0.15) is 69.1 Å². The molecule has 5 N–H and O–H groups in total. The summed E-state index contributed by atoms with van der Waals surface area (Å²) in [6.07, 6.45) is 7.97. The maximum atomic E-state index is 6.46. The number of anilines is 1. The molecule has 180 valence electrons. The Hall–Kier alpha value is -2.85. The highest BCUT2D eigenvalue weighted by atomic mass is 16.5. The van der Waals surface area contributed by atoms with Crippen molar-refractivity contribution in [2.45, 2.75) is 70.5 Å². The number of hydrogen-bond donors (Lipinski definition) is 3. The molecule has 0 unspecified atom stereocenters. The van der Waals surface area contributed by atoms with Gasteiger partial charge in [0.2, 0.25) is 0 Å². The van der Waals surface area contributed by atoms with E-state index >= 15 is 0 Å². The molecule has 0 bridgehead atoms. The van der Waals surface area contributed by atoms with Gasteiger partial charge in [0.1, 0.15) is 11.4 Å². The van der Waals surface area contributed by atoms with Crippen LogP contribution >= 0.6 is 0 Å². The highest BCUT2D eigenvalue weighted by molar-refractivity contribution is 5.64. The Labute approximate surface area is 194 Å². The summed E-state index contributed by atoms with van der Waals surface area (Å²) in [7, 11) is 1.73. The highest BCUT2D eigenvalue weighted by Crippen LogP contribution is 2.48. The number of aryl methyl sites for hydroxylation is 1. The lowest BCUT2D eigenvalue weighted by atomic mass is 9.98. The summed E-state index contributed by atoms with van der Waals surface area (Å²) >= 11 is 0. The van der Waals surface area contributed by atoms with Gasteiger partial charge >= 0.3 is 0 Å². The molecule has 0 atom stereocenters. The summed E-state index contributed by atoms with van der Waals surface area (Å²) in [6.45, 7) is 4.80. The minimum Gasteiger partial charge on any atom is -0.489 e. The Kier molecular flexibility index (Phi) is 7.04. The van der Waals surface area contributed by atoms with Gasteiger partial charge in [0.05, 0.1) is 35.4 Å². The molecule has 10 nitrogen and oxygen atoms in total. The fourth-order valence-corrected chi connectivity index (χ4v) is 4.20. The minimum atomic E-state index is -0.424. The number of likely N-dealkylation sites (N-methyl/N-ethyl adjacent to an activating group) is 1. The van der Waals surface area contributed by atoms with Crippen molar-refractivity contribution in [3.63, 3.8) is 0 Å². The van der Waals surface area contributed by atoms with E-state index in [0.29, 0.717) is 42.1 Å². The fourth-order valence-electron chi connectivity index (χ4n) is 4.20. The molecule has 2 aromatic heterocycles. The van der Waals surface area contributed by atoms with Crippen molar-refractivity contribution in [2.24, 2.45) is 11.6 Å². The van der Waals surface area contributed by atoms with Gasteiger partial charge < -0.3 is 30.1 Å². The number of nitrogens with zero attached hydrogens (tertiary/aromatic N) is 4. The first-order chi connectivity index (χ1) is 15.9. The van der Waals surface area contributed by atoms with Crippen LogP contribution in [0.15, 0.2) is 22.4 Å². The monoisotopic (exact) mass is 457 g/mol. The Morgan fingerprint density at radius 3 is 2.64 bits per heavy atom. The molecule has 2 saturated carbocycles. The van der Waals surface area contributed by atoms with Crippen molar-refractivity contribution in [2.75, 3.05) is 25.5 Å². The van der Waals surface area contributed by atoms with Gasteiger partial charge in [-0.2, -0.15) is 4.98 Å². The number of nitrogens with two attached hydrogens (primary N) is 2. The summed E-state index contributed by atoms with van der Waals surface area (Å²) < 4.78 is 17.4. The van der Waals surface area contributed by atoms with E-state index in [-0.39, 0.29) is 6.10 Å². The molecular formula is C23H35N7O3.